The molecule has 1 aromatic heterocycles. The highest BCUT2D eigenvalue weighted by atomic mass is 19.1. The highest BCUT2D eigenvalue weighted by Crippen LogP contribution is 2.38. The summed E-state index contributed by atoms with van der Waals surface area (Å²) in [7, 11) is 0. The van der Waals surface area contributed by atoms with Gasteiger partial charge < -0.3 is 9.84 Å². The molecule has 1 atom stereocenters. The molecule has 0 spiro atoms. The van der Waals surface area contributed by atoms with E-state index in [1.807, 2.05) is 13.8 Å². The molecule has 24 heavy (non-hydrogen) atoms. The number of carbonyl (C=O) groups is 1. The normalized spacial score (nSPS) is 15.8. The third kappa shape index (κ3) is 4.07. The van der Waals surface area contributed by atoms with Crippen LogP contribution in [0.25, 0.3) is 6.08 Å². The number of carbonyl (C=O) groups excluding carboxylic acids is 1. The summed E-state index contributed by atoms with van der Waals surface area (Å²) in [6.07, 6.45) is 5.13. The molecular formula is C18H20FN3O2. The van der Waals surface area contributed by atoms with Gasteiger partial charge in [0.25, 0.3) is 0 Å². The van der Waals surface area contributed by atoms with Crippen LogP contribution in [0.1, 0.15) is 55.9 Å². The lowest BCUT2D eigenvalue weighted by Gasteiger charge is -2.17. The number of aromatic nitrogens is 2. The van der Waals surface area contributed by atoms with E-state index >= 15 is 0 Å². The van der Waals surface area contributed by atoms with E-state index in [1.165, 1.54) is 18.2 Å². The molecule has 1 amide bonds. The van der Waals surface area contributed by atoms with Crippen LogP contribution in [0, 0.1) is 11.7 Å². The molecule has 126 valence electrons. The average molecular weight is 329 g/mol. The molecule has 0 radical (unpaired) electrons. The van der Waals surface area contributed by atoms with Crippen LogP contribution in [0.2, 0.25) is 0 Å². The molecule has 6 heteroatoms. The summed E-state index contributed by atoms with van der Waals surface area (Å²) in [5.41, 5.74) is 0.625. The Bertz CT molecular complexity index is 750. The molecule has 1 saturated carbocycles. The molecule has 3 rings (SSSR count). The molecule has 1 N–H and O–H groups in total. The largest absolute Gasteiger partial charge is 0.340 e. The van der Waals surface area contributed by atoms with Crippen LogP contribution in [-0.2, 0) is 4.79 Å². The number of nitrogens with zero attached hydrogens (tertiary/aromatic N) is 2. The Kier molecular flexibility index (Phi) is 4.74. The number of nitrogens with one attached hydrogen (secondary N) is 1. The summed E-state index contributed by atoms with van der Waals surface area (Å²) in [5.74, 6) is 1.03. The molecule has 1 aromatic carbocycles. The Morgan fingerprint density at radius 3 is 2.88 bits per heavy atom. The Morgan fingerprint density at radius 2 is 2.21 bits per heavy atom. The van der Waals surface area contributed by atoms with Crippen LogP contribution in [0.3, 0.4) is 0 Å². The van der Waals surface area contributed by atoms with Gasteiger partial charge >= 0.3 is 0 Å². The van der Waals surface area contributed by atoms with Gasteiger partial charge in [0.15, 0.2) is 5.82 Å². The second-order valence-corrected chi connectivity index (χ2v) is 6.38. The van der Waals surface area contributed by atoms with E-state index in [1.54, 1.807) is 18.2 Å². The van der Waals surface area contributed by atoms with Gasteiger partial charge in [-0.25, -0.2) is 4.39 Å². The maximum absolute atomic E-state index is 13.1. The lowest BCUT2D eigenvalue weighted by atomic mass is 10.0. The topological polar surface area (TPSA) is 68.0 Å². The van der Waals surface area contributed by atoms with Gasteiger partial charge in [-0.15, -0.1) is 0 Å². The van der Waals surface area contributed by atoms with E-state index in [0.29, 0.717) is 17.4 Å². The minimum Gasteiger partial charge on any atom is -0.340 e. The molecule has 5 nitrogen and oxygen atoms in total. The summed E-state index contributed by atoms with van der Waals surface area (Å²) < 4.78 is 18.5. The quantitative estimate of drug-likeness (QED) is 0.822. The van der Waals surface area contributed by atoms with Crippen LogP contribution in [-0.4, -0.2) is 16.0 Å². The molecule has 1 heterocycles. The van der Waals surface area contributed by atoms with E-state index < -0.39 is 0 Å². The Morgan fingerprint density at radius 1 is 1.42 bits per heavy atom. The van der Waals surface area contributed by atoms with E-state index in [9.17, 15) is 9.18 Å². The second kappa shape index (κ2) is 6.95. The maximum atomic E-state index is 13.1. The number of hydrogen-bond donors (Lipinski definition) is 1. The lowest BCUT2D eigenvalue weighted by molar-refractivity contribution is -0.117. The summed E-state index contributed by atoms with van der Waals surface area (Å²) >= 11 is 0. The fourth-order valence-corrected chi connectivity index (χ4v) is 2.38. The smallest absolute Gasteiger partial charge is 0.249 e. The van der Waals surface area contributed by atoms with Crippen molar-refractivity contribution in [2.45, 2.75) is 38.6 Å². The second-order valence-electron chi connectivity index (χ2n) is 6.38. The number of halogens is 1. The van der Waals surface area contributed by atoms with Crippen molar-refractivity contribution in [2.24, 2.45) is 5.92 Å². The number of rotatable bonds is 6. The van der Waals surface area contributed by atoms with Gasteiger partial charge in [0, 0.05) is 12.0 Å². The van der Waals surface area contributed by atoms with Crippen molar-refractivity contribution < 1.29 is 13.7 Å². The molecule has 0 aliphatic heterocycles. The Balaban J connectivity index is 1.67. The van der Waals surface area contributed by atoms with E-state index in [0.717, 1.165) is 18.7 Å². The lowest BCUT2D eigenvalue weighted by Crippen LogP contribution is -2.30. The van der Waals surface area contributed by atoms with Gasteiger partial charge in [0.05, 0.1) is 0 Å². The molecule has 1 fully saturated rings. The maximum Gasteiger partial charge on any atom is 0.249 e. The van der Waals surface area contributed by atoms with Crippen molar-refractivity contribution in [3.05, 3.63) is 53.4 Å². The molecule has 0 bridgehead atoms. The summed E-state index contributed by atoms with van der Waals surface area (Å²) in [6.45, 7) is 3.95. The van der Waals surface area contributed by atoms with E-state index in [4.69, 9.17) is 4.52 Å². The molecule has 1 aliphatic carbocycles. The summed E-state index contributed by atoms with van der Waals surface area (Å²) in [4.78, 5) is 16.6. The first-order valence-electron chi connectivity index (χ1n) is 8.10. The van der Waals surface area contributed by atoms with Crippen LogP contribution >= 0.6 is 0 Å². The zero-order chi connectivity index (χ0) is 17.1. The van der Waals surface area contributed by atoms with Crippen LogP contribution in [0.4, 0.5) is 4.39 Å². The van der Waals surface area contributed by atoms with Crippen molar-refractivity contribution in [1.29, 1.82) is 0 Å². The molecule has 1 aliphatic rings. The van der Waals surface area contributed by atoms with E-state index in [2.05, 4.69) is 15.5 Å². The third-order valence-electron chi connectivity index (χ3n) is 3.91. The zero-order valence-corrected chi connectivity index (χ0v) is 13.7. The summed E-state index contributed by atoms with van der Waals surface area (Å²) in [6, 6.07) is 5.70. The molecule has 2 aromatic rings. The predicted octanol–water partition coefficient (Wildman–Crippen LogP) is 3.61. The fraction of sp³-hybridized carbons (Fsp3) is 0.389. The zero-order valence-electron chi connectivity index (χ0n) is 13.7. The number of benzene rings is 1. The van der Waals surface area contributed by atoms with Gasteiger partial charge in [0.2, 0.25) is 11.8 Å². The fourth-order valence-electron chi connectivity index (χ4n) is 2.38. The highest BCUT2D eigenvalue weighted by molar-refractivity contribution is 5.91. The Labute approximate surface area is 140 Å². The predicted molar refractivity (Wildman–Crippen MR) is 87.4 cm³/mol. The minimum absolute atomic E-state index is 0.101. The average Bonchev–Trinajstić information content (AvgIpc) is 3.28. The standard InChI is InChI=1S/C18H20FN3O2/c1-11(2)16(18-21-17(22-24-18)13-7-8-13)20-15(23)9-6-12-4-3-5-14(19)10-12/h3-6,9-11,13,16H,7-8H2,1-2H3,(H,20,23)/b9-6+. The van der Waals surface area contributed by atoms with Gasteiger partial charge in [-0.3, -0.25) is 4.79 Å². The van der Waals surface area contributed by atoms with Crippen molar-refractivity contribution in [1.82, 2.24) is 15.5 Å². The first kappa shape index (κ1) is 16.4. The van der Waals surface area contributed by atoms with Crippen molar-refractivity contribution in [3.8, 4) is 0 Å². The van der Waals surface area contributed by atoms with Gasteiger partial charge in [-0.05, 0) is 42.5 Å². The first-order valence-corrected chi connectivity index (χ1v) is 8.10. The van der Waals surface area contributed by atoms with Crippen molar-refractivity contribution in [3.63, 3.8) is 0 Å². The van der Waals surface area contributed by atoms with Gasteiger partial charge in [0.1, 0.15) is 11.9 Å². The van der Waals surface area contributed by atoms with Crippen molar-refractivity contribution >= 4 is 12.0 Å². The number of amides is 1. The highest BCUT2D eigenvalue weighted by Gasteiger charge is 2.31. The summed E-state index contributed by atoms with van der Waals surface area (Å²) in [5, 5.41) is 6.87. The van der Waals surface area contributed by atoms with E-state index in [-0.39, 0.29) is 23.7 Å². The molecule has 0 saturated heterocycles. The first-order chi connectivity index (χ1) is 11.5. The Hall–Kier alpha value is -2.50. The molecule has 1 unspecified atom stereocenters. The van der Waals surface area contributed by atoms with Gasteiger partial charge in [-0.1, -0.05) is 31.1 Å². The number of hydrogen-bond acceptors (Lipinski definition) is 4. The third-order valence-corrected chi connectivity index (χ3v) is 3.91. The van der Waals surface area contributed by atoms with Crippen LogP contribution in [0.15, 0.2) is 34.9 Å². The van der Waals surface area contributed by atoms with Crippen LogP contribution < -0.4 is 5.32 Å². The van der Waals surface area contributed by atoms with Crippen molar-refractivity contribution in [2.75, 3.05) is 0 Å². The minimum atomic E-state index is -0.352. The van der Waals surface area contributed by atoms with Gasteiger partial charge in [-0.2, -0.15) is 4.98 Å². The monoisotopic (exact) mass is 329 g/mol. The SMILES string of the molecule is CC(C)C(NC(=O)/C=C/c1cccc(F)c1)c1nc(C2CC2)no1. The van der Waals surface area contributed by atoms with Crippen LogP contribution in [0.5, 0.6) is 0 Å². The molecular weight excluding hydrogens is 309 g/mol.